The molecule has 1 aliphatic carbocycles. The van der Waals surface area contributed by atoms with Gasteiger partial charge in [-0.3, -0.25) is 4.90 Å². The van der Waals surface area contributed by atoms with Crippen molar-refractivity contribution >= 4 is 20.4 Å². The molecule has 3 aromatic rings. The zero-order valence-electron chi connectivity index (χ0n) is 25.3. The molecule has 1 atom stereocenters. The molecule has 1 aliphatic rings. The van der Waals surface area contributed by atoms with Crippen molar-refractivity contribution in [2.45, 2.75) is 64.2 Å². The molecule has 0 saturated carbocycles. The number of fused-ring (bicyclic) bond motifs is 3. The number of carboxylic acids is 1. The number of rotatable bonds is 9. The molecule has 7 nitrogen and oxygen atoms in total. The minimum absolute atomic E-state index is 0.0319. The van der Waals surface area contributed by atoms with Crippen molar-refractivity contribution in [3.63, 3.8) is 0 Å². The Hall–Kier alpha value is -3.78. The van der Waals surface area contributed by atoms with E-state index >= 15 is 0 Å². The van der Waals surface area contributed by atoms with Crippen molar-refractivity contribution in [1.29, 1.82) is 0 Å². The van der Waals surface area contributed by atoms with Gasteiger partial charge in [-0.2, -0.15) is 0 Å². The SMILES string of the molecule is COc1c(C)cc(C[C@@H](C(=O)O)N(C)C(=O)OCC2c3ccccc3-c3ccccc32)cc1O[Si](C)(C)C(C)(C)C. The van der Waals surface area contributed by atoms with Gasteiger partial charge in [0.1, 0.15) is 18.4 Å². The second-order valence-electron chi connectivity index (χ2n) is 12.3. The third kappa shape index (κ3) is 6.12. The number of likely N-dealkylation sites (N-methyl/N-ethyl adjacent to an activating group) is 1. The maximum atomic E-state index is 13.2. The predicted molar refractivity (Wildman–Crippen MR) is 164 cm³/mol. The summed E-state index contributed by atoms with van der Waals surface area (Å²) in [5.74, 6) is 0.0148. The van der Waals surface area contributed by atoms with Gasteiger partial charge in [0.15, 0.2) is 5.75 Å². The normalized spacial score (nSPS) is 13.7. The van der Waals surface area contributed by atoms with Gasteiger partial charge in [0.2, 0.25) is 0 Å². The van der Waals surface area contributed by atoms with Crippen LogP contribution in [0.3, 0.4) is 0 Å². The molecule has 0 unspecified atom stereocenters. The predicted octanol–water partition coefficient (Wildman–Crippen LogP) is 7.26. The Balaban J connectivity index is 1.52. The van der Waals surface area contributed by atoms with Gasteiger partial charge in [-0.1, -0.05) is 75.4 Å². The van der Waals surface area contributed by atoms with Crippen LogP contribution < -0.4 is 9.16 Å². The van der Waals surface area contributed by atoms with E-state index in [1.54, 1.807) is 7.11 Å². The lowest BCUT2D eigenvalue weighted by Crippen LogP contribution is -2.44. The highest BCUT2D eigenvalue weighted by Crippen LogP contribution is 2.45. The number of hydrogen-bond acceptors (Lipinski definition) is 5. The van der Waals surface area contributed by atoms with Crippen molar-refractivity contribution < 1.29 is 28.6 Å². The van der Waals surface area contributed by atoms with Crippen LogP contribution in [-0.4, -0.2) is 57.2 Å². The monoisotopic (exact) mass is 575 g/mol. The molecule has 0 aliphatic heterocycles. The van der Waals surface area contributed by atoms with E-state index < -0.39 is 26.4 Å². The van der Waals surface area contributed by atoms with Gasteiger partial charge in [0.05, 0.1) is 7.11 Å². The van der Waals surface area contributed by atoms with E-state index in [1.165, 1.54) is 11.9 Å². The molecule has 0 bridgehead atoms. The Bertz CT molecular complexity index is 1400. The number of aryl methyl sites for hydroxylation is 1. The van der Waals surface area contributed by atoms with Gasteiger partial charge >= 0.3 is 12.1 Å². The number of amides is 1. The van der Waals surface area contributed by atoms with Crippen LogP contribution >= 0.6 is 0 Å². The number of carboxylic acid groups (broad SMARTS) is 1. The number of ether oxygens (including phenoxy) is 2. The van der Waals surface area contributed by atoms with Crippen molar-refractivity contribution in [1.82, 2.24) is 4.90 Å². The molecule has 3 aromatic carbocycles. The van der Waals surface area contributed by atoms with E-state index in [0.717, 1.165) is 33.4 Å². The lowest BCUT2D eigenvalue weighted by Gasteiger charge is -2.37. The van der Waals surface area contributed by atoms with Crippen LogP contribution in [0, 0.1) is 6.92 Å². The number of benzene rings is 3. The highest BCUT2D eigenvalue weighted by Gasteiger charge is 2.40. The quantitative estimate of drug-likeness (QED) is 0.270. The maximum absolute atomic E-state index is 13.2. The summed E-state index contributed by atoms with van der Waals surface area (Å²) in [5.41, 5.74) is 6.04. The van der Waals surface area contributed by atoms with Crippen LogP contribution in [0.25, 0.3) is 11.1 Å². The Labute approximate surface area is 244 Å². The zero-order chi connectivity index (χ0) is 30.1. The summed E-state index contributed by atoms with van der Waals surface area (Å²) < 4.78 is 18.0. The number of aliphatic carboxylic acids is 1. The summed E-state index contributed by atoms with van der Waals surface area (Å²) in [7, 11) is 0.880. The van der Waals surface area contributed by atoms with Crippen LogP contribution in [-0.2, 0) is 16.0 Å². The second-order valence-corrected chi connectivity index (χ2v) is 17.0. The van der Waals surface area contributed by atoms with Crippen molar-refractivity contribution in [2.24, 2.45) is 0 Å². The van der Waals surface area contributed by atoms with Gasteiger partial charge in [-0.15, -0.1) is 0 Å². The minimum atomic E-state index is -2.20. The summed E-state index contributed by atoms with van der Waals surface area (Å²) in [5, 5.41) is 10.1. The standard InChI is InChI=1S/C33H41NO6Si/c1-21-17-22(19-29(30(21)38-6)40-41(7,8)33(2,3)4)18-28(31(35)36)34(5)32(37)39-20-27-25-15-11-9-13-23(25)24-14-10-12-16-26(24)27/h9-17,19,27-28H,18,20H2,1-8H3,(H,35,36)/t28-/m0/s1. The van der Waals surface area contributed by atoms with E-state index in [1.807, 2.05) is 55.5 Å². The van der Waals surface area contributed by atoms with Gasteiger partial charge in [-0.05, 0) is 64.5 Å². The van der Waals surface area contributed by atoms with Crippen molar-refractivity contribution in [2.75, 3.05) is 20.8 Å². The molecule has 0 radical (unpaired) electrons. The fourth-order valence-corrected chi connectivity index (χ4v) is 6.14. The first-order valence-corrected chi connectivity index (χ1v) is 16.8. The smallest absolute Gasteiger partial charge is 0.410 e. The van der Waals surface area contributed by atoms with E-state index in [2.05, 4.69) is 46.0 Å². The first kappa shape index (κ1) is 30.2. The molecule has 0 saturated heterocycles. The first-order valence-electron chi connectivity index (χ1n) is 13.9. The minimum Gasteiger partial charge on any atom is -0.541 e. The summed E-state index contributed by atoms with van der Waals surface area (Å²) in [4.78, 5) is 26.8. The molecular formula is C33H41NO6Si. The molecule has 41 heavy (non-hydrogen) atoms. The van der Waals surface area contributed by atoms with Crippen LogP contribution in [0.1, 0.15) is 48.9 Å². The third-order valence-corrected chi connectivity index (χ3v) is 12.8. The van der Waals surface area contributed by atoms with E-state index in [4.69, 9.17) is 13.9 Å². The summed E-state index contributed by atoms with van der Waals surface area (Å²) in [6.07, 6.45) is -0.586. The van der Waals surface area contributed by atoms with Gasteiger partial charge in [0, 0.05) is 19.4 Å². The van der Waals surface area contributed by atoms with Crippen molar-refractivity contribution in [3.8, 4) is 22.6 Å². The Morgan fingerprint density at radius 3 is 2.07 bits per heavy atom. The summed E-state index contributed by atoms with van der Waals surface area (Å²) >= 11 is 0. The van der Waals surface area contributed by atoms with Gasteiger partial charge < -0.3 is 19.0 Å². The molecule has 218 valence electrons. The maximum Gasteiger partial charge on any atom is 0.410 e. The fourth-order valence-electron chi connectivity index (χ4n) is 5.13. The zero-order valence-corrected chi connectivity index (χ0v) is 26.3. The molecule has 8 heteroatoms. The van der Waals surface area contributed by atoms with Crippen LogP contribution in [0.2, 0.25) is 18.1 Å². The van der Waals surface area contributed by atoms with Crippen LogP contribution in [0.5, 0.6) is 11.5 Å². The molecular weight excluding hydrogens is 534 g/mol. The number of carbonyl (C=O) groups is 2. The molecule has 0 fully saturated rings. The second kappa shape index (κ2) is 11.6. The number of hydrogen-bond donors (Lipinski definition) is 1. The molecule has 1 N–H and O–H groups in total. The molecule has 0 heterocycles. The van der Waals surface area contributed by atoms with Gasteiger partial charge in [0.25, 0.3) is 8.32 Å². The molecule has 0 aromatic heterocycles. The summed E-state index contributed by atoms with van der Waals surface area (Å²) in [6.45, 7) is 12.8. The largest absolute Gasteiger partial charge is 0.541 e. The van der Waals surface area contributed by atoms with E-state index in [9.17, 15) is 14.7 Å². The molecule has 0 spiro atoms. The van der Waals surface area contributed by atoms with E-state index in [0.29, 0.717) is 11.5 Å². The van der Waals surface area contributed by atoms with E-state index in [-0.39, 0.29) is 24.0 Å². The average molecular weight is 576 g/mol. The fraction of sp³-hybridized carbons (Fsp3) is 0.394. The Kier molecular flexibility index (Phi) is 8.54. The number of nitrogens with zero attached hydrogens (tertiary/aromatic N) is 1. The van der Waals surface area contributed by atoms with Crippen LogP contribution in [0.15, 0.2) is 60.7 Å². The van der Waals surface area contributed by atoms with Crippen LogP contribution in [0.4, 0.5) is 4.79 Å². The lowest BCUT2D eigenvalue weighted by molar-refractivity contribution is -0.142. The summed E-state index contributed by atoms with van der Waals surface area (Å²) in [6, 6.07) is 18.8. The number of carbonyl (C=O) groups excluding carboxylic acids is 1. The highest BCUT2D eigenvalue weighted by atomic mass is 28.4. The average Bonchev–Trinajstić information content (AvgIpc) is 3.22. The topological polar surface area (TPSA) is 85.3 Å². The van der Waals surface area contributed by atoms with Gasteiger partial charge in [-0.25, -0.2) is 9.59 Å². The molecule has 1 amide bonds. The first-order chi connectivity index (χ1) is 19.2. The highest BCUT2D eigenvalue weighted by molar-refractivity contribution is 6.74. The third-order valence-electron chi connectivity index (χ3n) is 8.48. The molecule has 4 rings (SSSR count). The Morgan fingerprint density at radius 2 is 1.56 bits per heavy atom. The Morgan fingerprint density at radius 1 is 1.00 bits per heavy atom. The lowest BCUT2D eigenvalue weighted by atomic mass is 9.98. The number of methoxy groups -OCH3 is 1. The van der Waals surface area contributed by atoms with Crippen molar-refractivity contribution in [3.05, 3.63) is 82.9 Å².